The first-order valence-electron chi connectivity index (χ1n) is 5.66. The standard InChI is InChI=1S/C11H17N5O.HI/c1-7(2)5-13-11(12)14-6-9-15-10(17-16-9)8-3-4-8;/h8H,1,3-6H2,2H3,(H3,12,13,14);1H. The topological polar surface area (TPSA) is 89.3 Å². The van der Waals surface area contributed by atoms with E-state index in [1.165, 1.54) is 0 Å². The van der Waals surface area contributed by atoms with Crippen molar-refractivity contribution >= 4 is 29.9 Å². The fourth-order valence-electron chi connectivity index (χ4n) is 1.28. The van der Waals surface area contributed by atoms with Crippen LogP contribution in [0.3, 0.4) is 0 Å². The number of aliphatic imine (C=N–C) groups is 1. The molecule has 0 bridgehead atoms. The average Bonchev–Trinajstić information content (AvgIpc) is 3.04. The smallest absolute Gasteiger partial charge is 0.229 e. The highest BCUT2D eigenvalue weighted by atomic mass is 127. The lowest BCUT2D eigenvalue weighted by atomic mass is 10.3. The first-order valence-corrected chi connectivity index (χ1v) is 5.66. The van der Waals surface area contributed by atoms with Crippen LogP contribution in [0.15, 0.2) is 21.7 Å². The van der Waals surface area contributed by atoms with Gasteiger partial charge in [0.15, 0.2) is 11.8 Å². The van der Waals surface area contributed by atoms with Gasteiger partial charge < -0.3 is 15.6 Å². The van der Waals surface area contributed by atoms with Crippen molar-refractivity contribution in [3.63, 3.8) is 0 Å². The maximum atomic E-state index is 5.66. The minimum atomic E-state index is 0. The van der Waals surface area contributed by atoms with E-state index >= 15 is 0 Å². The molecule has 0 atom stereocenters. The van der Waals surface area contributed by atoms with Crippen LogP contribution in [0.5, 0.6) is 0 Å². The third-order valence-corrected chi connectivity index (χ3v) is 2.37. The van der Waals surface area contributed by atoms with Crippen molar-refractivity contribution in [2.45, 2.75) is 32.2 Å². The fourth-order valence-corrected chi connectivity index (χ4v) is 1.28. The molecule has 0 aliphatic heterocycles. The van der Waals surface area contributed by atoms with Gasteiger partial charge in [-0.2, -0.15) is 4.98 Å². The van der Waals surface area contributed by atoms with E-state index in [9.17, 15) is 0 Å². The summed E-state index contributed by atoms with van der Waals surface area (Å²) in [5.74, 6) is 2.14. The van der Waals surface area contributed by atoms with E-state index in [1.807, 2.05) is 6.92 Å². The molecule has 0 radical (unpaired) electrons. The highest BCUT2D eigenvalue weighted by Crippen LogP contribution is 2.38. The Labute approximate surface area is 123 Å². The van der Waals surface area contributed by atoms with Crippen LogP contribution >= 0.6 is 24.0 Å². The minimum Gasteiger partial charge on any atom is -0.370 e. The number of halogens is 1. The largest absolute Gasteiger partial charge is 0.370 e. The zero-order chi connectivity index (χ0) is 12.3. The molecule has 7 heteroatoms. The highest BCUT2D eigenvalue weighted by Gasteiger charge is 2.29. The maximum absolute atomic E-state index is 5.66. The van der Waals surface area contributed by atoms with E-state index in [0.717, 1.165) is 24.3 Å². The molecule has 1 aliphatic carbocycles. The van der Waals surface area contributed by atoms with Crippen molar-refractivity contribution in [1.82, 2.24) is 15.5 Å². The number of aromatic nitrogens is 2. The van der Waals surface area contributed by atoms with Gasteiger partial charge in [-0.05, 0) is 19.8 Å². The van der Waals surface area contributed by atoms with E-state index in [1.54, 1.807) is 0 Å². The Morgan fingerprint density at radius 1 is 1.61 bits per heavy atom. The molecule has 1 fully saturated rings. The number of guanidine groups is 1. The van der Waals surface area contributed by atoms with Gasteiger partial charge in [-0.3, -0.25) is 0 Å². The number of nitrogens with two attached hydrogens (primary N) is 1. The molecule has 0 spiro atoms. The molecule has 0 amide bonds. The molecule has 6 nitrogen and oxygen atoms in total. The van der Waals surface area contributed by atoms with Gasteiger partial charge in [-0.1, -0.05) is 17.3 Å². The highest BCUT2D eigenvalue weighted by molar-refractivity contribution is 14.0. The number of hydrogen-bond donors (Lipinski definition) is 2. The summed E-state index contributed by atoms with van der Waals surface area (Å²) < 4.78 is 5.11. The Morgan fingerprint density at radius 2 is 2.33 bits per heavy atom. The molecular formula is C11H18IN5O. The fraction of sp³-hybridized carbons (Fsp3) is 0.545. The van der Waals surface area contributed by atoms with Gasteiger partial charge in [-0.25, -0.2) is 4.99 Å². The first-order chi connectivity index (χ1) is 8.15. The predicted molar refractivity (Wildman–Crippen MR) is 79.8 cm³/mol. The summed E-state index contributed by atoms with van der Waals surface area (Å²) in [4.78, 5) is 8.37. The van der Waals surface area contributed by atoms with Crippen LogP contribution < -0.4 is 11.1 Å². The van der Waals surface area contributed by atoms with Crippen LogP contribution in [0.2, 0.25) is 0 Å². The van der Waals surface area contributed by atoms with Gasteiger partial charge in [0, 0.05) is 12.5 Å². The lowest BCUT2D eigenvalue weighted by Crippen LogP contribution is -2.32. The Hall–Kier alpha value is -1.12. The summed E-state index contributed by atoms with van der Waals surface area (Å²) in [5.41, 5.74) is 6.66. The molecule has 0 unspecified atom stereocenters. The van der Waals surface area contributed by atoms with Crippen molar-refractivity contribution in [3.8, 4) is 0 Å². The van der Waals surface area contributed by atoms with Crippen LogP contribution in [0.1, 0.15) is 37.4 Å². The van der Waals surface area contributed by atoms with E-state index in [2.05, 4.69) is 27.0 Å². The van der Waals surface area contributed by atoms with E-state index in [-0.39, 0.29) is 24.0 Å². The van der Waals surface area contributed by atoms with Gasteiger partial charge in [0.25, 0.3) is 0 Å². The van der Waals surface area contributed by atoms with Crippen LogP contribution in [0.25, 0.3) is 0 Å². The SMILES string of the molecule is C=C(C)CNC(N)=NCc1noc(C2CC2)n1.I. The van der Waals surface area contributed by atoms with E-state index < -0.39 is 0 Å². The third-order valence-electron chi connectivity index (χ3n) is 2.37. The van der Waals surface area contributed by atoms with Crippen molar-refractivity contribution < 1.29 is 4.52 Å². The Morgan fingerprint density at radius 3 is 2.94 bits per heavy atom. The van der Waals surface area contributed by atoms with Crippen LogP contribution in [-0.4, -0.2) is 22.6 Å². The second kappa shape index (κ2) is 6.72. The lowest BCUT2D eigenvalue weighted by molar-refractivity contribution is 0.374. The number of rotatable bonds is 5. The van der Waals surface area contributed by atoms with Gasteiger partial charge in [0.05, 0.1) is 0 Å². The number of nitrogens with one attached hydrogen (secondary N) is 1. The van der Waals surface area contributed by atoms with Crippen molar-refractivity contribution in [2.75, 3.05) is 6.54 Å². The molecule has 1 heterocycles. The summed E-state index contributed by atoms with van der Waals surface area (Å²) in [6, 6.07) is 0. The second-order valence-electron chi connectivity index (χ2n) is 4.34. The van der Waals surface area contributed by atoms with Crippen molar-refractivity contribution in [3.05, 3.63) is 23.9 Å². The van der Waals surface area contributed by atoms with Crippen LogP contribution in [0, 0.1) is 0 Å². The minimum absolute atomic E-state index is 0. The maximum Gasteiger partial charge on any atom is 0.229 e. The Bertz CT molecular complexity index is 438. The zero-order valence-corrected chi connectivity index (χ0v) is 12.7. The summed E-state index contributed by atoms with van der Waals surface area (Å²) in [7, 11) is 0. The van der Waals surface area contributed by atoms with Crippen LogP contribution in [0.4, 0.5) is 0 Å². The summed E-state index contributed by atoms with van der Waals surface area (Å²) in [6.45, 7) is 6.64. The molecule has 1 aromatic rings. The molecule has 2 rings (SSSR count). The van der Waals surface area contributed by atoms with Gasteiger partial charge in [0.1, 0.15) is 6.54 Å². The van der Waals surface area contributed by atoms with Crippen molar-refractivity contribution in [1.29, 1.82) is 0 Å². The lowest BCUT2D eigenvalue weighted by Gasteiger charge is -2.03. The molecule has 18 heavy (non-hydrogen) atoms. The summed E-state index contributed by atoms with van der Waals surface area (Å²) >= 11 is 0. The van der Waals surface area contributed by atoms with Crippen molar-refractivity contribution in [2.24, 2.45) is 10.7 Å². The monoisotopic (exact) mass is 363 g/mol. The Kier molecular flexibility index (Phi) is 5.57. The van der Waals surface area contributed by atoms with Gasteiger partial charge >= 0.3 is 0 Å². The first kappa shape index (κ1) is 14.9. The summed E-state index contributed by atoms with van der Waals surface area (Å²) in [6.07, 6.45) is 2.29. The molecule has 0 saturated heterocycles. The molecule has 3 N–H and O–H groups in total. The van der Waals surface area contributed by atoms with E-state index in [0.29, 0.717) is 30.8 Å². The second-order valence-corrected chi connectivity index (χ2v) is 4.34. The quantitative estimate of drug-likeness (QED) is 0.359. The number of hydrogen-bond acceptors (Lipinski definition) is 4. The van der Waals surface area contributed by atoms with Crippen LogP contribution in [-0.2, 0) is 6.54 Å². The zero-order valence-electron chi connectivity index (χ0n) is 10.3. The average molecular weight is 363 g/mol. The Balaban J connectivity index is 0.00000162. The van der Waals surface area contributed by atoms with Gasteiger partial charge in [-0.15, -0.1) is 24.0 Å². The normalized spacial score (nSPS) is 15.1. The summed E-state index contributed by atoms with van der Waals surface area (Å²) in [5, 5.41) is 6.79. The molecular weight excluding hydrogens is 345 g/mol. The molecule has 1 aromatic heterocycles. The third kappa shape index (κ3) is 4.63. The predicted octanol–water partition coefficient (Wildman–Crippen LogP) is 1.55. The molecule has 1 saturated carbocycles. The number of nitrogens with zero attached hydrogens (tertiary/aromatic N) is 3. The molecule has 0 aromatic carbocycles. The van der Waals surface area contributed by atoms with E-state index in [4.69, 9.17) is 10.3 Å². The van der Waals surface area contributed by atoms with Gasteiger partial charge in [0.2, 0.25) is 5.89 Å². The molecule has 100 valence electrons. The molecule has 1 aliphatic rings.